The van der Waals surface area contributed by atoms with E-state index in [1.54, 1.807) is 6.08 Å². The molecule has 8 heteroatoms. The first-order chi connectivity index (χ1) is 14.6. The molecule has 0 saturated carbocycles. The number of esters is 1. The van der Waals surface area contributed by atoms with Crippen molar-refractivity contribution in [3.8, 4) is 0 Å². The van der Waals surface area contributed by atoms with Gasteiger partial charge in [0.1, 0.15) is 17.2 Å². The second kappa shape index (κ2) is 8.46. The Bertz CT molecular complexity index is 1240. The number of H-pyrrole nitrogens is 1. The lowest BCUT2D eigenvalue weighted by molar-refractivity contribution is -0.133. The van der Waals surface area contributed by atoms with Crippen molar-refractivity contribution in [3.63, 3.8) is 0 Å². The molecule has 0 atom stereocenters. The van der Waals surface area contributed by atoms with Crippen LogP contribution in [0, 0.1) is 0 Å². The highest BCUT2D eigenvalue weighted by molar-refractivity contribution is 7.99. The van der Waals surface area contributed by atoms with Gasteiger partial charge in [-0.3, -0.25) is 0 Å². The van der Waals surface area contributed by atoms with Crippen molar-refractivity contribution < 1.29 is 14.6 Å². The van der Waals surface area contributed by atoms with Gasteiger partial charge in [-0.05, 0) is 24.3 Å². The number of carbonyl (C=O) groups excluding carboxylic acids is 1. The molecule has 30 heavy (non-hydrogen) atoms. The quantitative estimate of drug-likeness (QED) is 0.152. The van der Waals surface area contributed by atoms with Gasteiger partial charge in [-0.25, -0.2) is 14.8 Å². The first-order valence-corrected chi connectivity index (χ1v) is 10.3. The van der Waals surface area contributed by atoms with E-state index in [0.717, 1.165) is 21.7 Å². The molecule has 2 N–H and O–H groups in total. The molecule has 0 aliphatic heterocycles. The standard InChI is InChI=1S/C22H20N4O3S/c1-3-12-26-17-11-7-6-10-16(17)25-22(26)30-13-18(27)19(21(28)29-2)20-23-14-8-4-5-9-15(14)24-20/h3-11,27H,1,12-13H2,2H3,(H,23,24)/b19-18-. The van der Waals surface area contributed by atoms with Crippen molar-refractivity contribution in [1.82, 2.24) is 19.5 Å². The van der Waals surface area contributed by atoms with Crippen LogP contribution in [0.25, 0.3) is 27.6 Å². The minimum absolute atomic E-state index is 0.00702. The van der Waals surface area contributed by atoms with Gasteiger partial charge in [0, 0.05) is 6.54 Å². The Morgan fingerprint density at radius 2 is 1.93 bits per heavy atom. The van der Waals surface area contributed by atoms with E-state index in [0.29, 0.717) is 12.1 Å². The van der Waals surface area contributed by atoms with Crippen LogP contribution in [0.2, 0.25) is 0 Å². The molecule has 7 nitrogen and oxygen atoms in total. The number of nitrogens with one attached hydrogen (secondary N) is 1. The second-order valence-electron chi connectivity index (χ2n) is 6.49. The number of ether oxygens (including phenoxy) is 1. The van der Waals surface area contributed by atoms with E-state index in [1.807, 2.05) is 53.1 Å². The summed E-state index contributed by atoms with van der Waals surface area (Å²) in [7, 11) is 1.27. The highest BCUT2D eigenvalue weighted by Gasteiger charge is 2.23. The smallest absolute Gasteiger partial charge is 0.345 e. The fourth-order valence-electron chi connectivity index (χ4n) is 3.20. The normalized spacial score (nSPS) is 12.2. The van der Waals surface area contributed by atoms with Crippen LogP contribution in [-0.2, 0) is 16.1 Å². The van der Waals surface area contributed by atoms with Crippen LogP contribution in [0.4, 0.5) is 0 Å². The lowest BCUT2D eigenvalue weighted by Gasteiger charge is -2.08. The zero-order valence-electron chi connectivity index (χ0n) is 16.3. The Labute approximate surface area is 177 Å². The van der Waals surface area contributed by atoms with Crippen molar-refractivity contribution in [2.75, 3.05) is 12.9 Å². The number of rotatable bonds is 7. The molecule has 0 radical (unpaired) electrons. The van der Waals surface area contributed by atoms with Gasteiger partial charge in [-0.1, -0.05) is 42.1 Å². The zero-order valence-corrected chi connectivity index (χ0v) is 17.1. The average molecular weight is 420 g/mol. The maximum atomic E-state index is 12.4. The molecular weight excluding hydrogens is 400 g/mol. The fraction of sp³-hybridized carbons (Fsp3) is 0.136. The third-order valence-electron chi connectivity index (χ3n) is 4.57. The molecule has 0 aliphatic rings. The predicted molar refractivity (Wildman–Crippen MR) is 118 cm³/mol. The van der Waals surface area contributed by atoms with E-state index in [-0.39, 0.29) is 22.9 Å². The number of aliphatic hydroxyl groups is 1. The molecule has 4 aromatic rings. The van der Waals surface area contributed by atoms with Crippen molar-refractivity contribution >= 4 is 45.4 Å². The molecule has 0 bridgehead atoms. The van der Waals surface area contributed by atoms with E-state index >= 15 is 0 Å². The van der Waals surface area contributed by atoms with Crippen LogP contribution in [0.5, 0.6) is 0 Å². The second-order valence-corrected chi connectivity index (χ2v) is 7.43. The number of aromatic nitrogens is 4. The van der Waals surface area contributed by atoms with Crippen LogP contribution >= 0.6 is 11.8 Å². The molecule has 0 spiro atoms. The van der Waals surface area contributed by atoms with E-state index in [9.17, 15) is 9.90 Å². The van der Waals surface area contributed by atoms with Gasteiger partial charge < -0.3 is 19.4 Å². The summed E-state index contributed by atoms with van der Waals surface area (Å²) in [5, 5.41) is 11.5. The summed E-state index contributed by atoms with van der Waals surface area (Å²) >= 11 is 1.33. The van der Waals surface area contributed by atoms with Crippen LogP contribution < -0.4 is 0 Å². The number of thioether (sulfide) groups is 1. The Kier molecular flexibility index (Phi) is 5.58. The minimum atomic E-state index is -0.660. The molecule has 2 heterocycles. The number of benzene rings is 2. The molecule has 0 fully saturated rings. The zero-order chi connectivity index (χ0) is 21.1. The van der Waals surface area contributed by atoms with Crippen LogP contribution in [0.15, 0.2) is 72.1 Å². The summed E-state index contributed by atoms with van der Waals surface area (Å²) in [5.74, 6) is -0.405. The lowest BCUT2D eigenvalue weighted by Crippen LogP contribution is -2.10. The molecule has 0 aliphatic carbocycles. The number of aliphatic hydroxyl groups excluding tert-OH is 1. The topological polar surface area (TPSA) is 93.0 Å². The van der Waals surface area contributed by atoms with Gasteiger partial charge in [0.2, 0.25) is 0 Å². The summed E-state index contributed by atoms with van der Waals surface area (Å²) in [6.45, 7) is 4.40. The van der Waals surface area contributed by atoms with Crippen molar-refractivity contribution in [2.24, 2.45) is 0 Å². The lowest BCUT2D eigenvalue weighted by atomic mass is 10.2. The van der Waals surface area contributed by atoms with E-state index < -0.39 is 5.97 Å². The maximum Gasteiger partial charge on any atom is 0.345 e. The van der Waals surface area contributed by atoms with Gasteiger partial charge in [0.25, 0.3) is 0 Å². The Hall–Kier alpha value is -3.52. The first kappa shape index (κ1) is 19.8. The van der Waals surface area contributed by atoms with Gasteiger partial charge in [0.05, 0.1) is 34.9 Å². The van der Waals surface area contributed by atoms with E-state index in [2.05, 4.69) is 21.5 Å². The van der Waals surface area contributed by atoms with Crippen molar-refractivity contribution in [2.45, 2.75) is 11.7 Å². The fourth-order valence-corrected chi connectivity index (χ4v) is 4.10. The molecule has 4 rings (SSSR count). The van der Waals surface area contributed by atoms with Crippen LogP contribution in [0.1, 0.15) is 5.82 Å². The van der Waals surface area contributed by atoms with Gasteiger partial charge in [-0.2, -0.15) is 0 Å². The third-order valence-corrected chi connectivity index (χ3v) is 5.56. The van der Waals surface area contributed by atoms with Crippen LogP contribution in [-0.4, -0.2) is 43.5 Å². The van der Waals surface area contributed by atoms with Crippen molar-refractivity contribution in [3.05, 3.63) is 72.8 Å². The highest BCUT2D eigenvalue weighted by Crippen LogP contribution is 2.28. The maximum absolute atomic E-state index is 12.4. The number of fused-ring (bicyclic) bond motifs is 2. The SMILES string of the molecule is C=CCn1c(SC/C(O)=C(/C(=O)OC)c2nc3ccccc3[nH]2)nc2ccccc21. The third kappa shape index (κ3) is 3.69. The van der Waals surface area contributed by atoms with Gasteiger partial charge in [-0.15, -0.1) is 6.58 Å². The Morgan fingerprint density at radius 3 is 2.67 bits per heavy atom. The highest BCUT2D eigenvalue weighted by atomic mass is 32.2. The number of hydrogen-bond donors (Lipinski definition) is 2. The Balaban J connectivity index is 1.69. The predicted octanol–water partition coefficient (Wildman–Crippen LogP) is 4.33. The van der Waals surface area contributed by atoms with Crippen LogP contribution in [0.3, 0.4) is 0 Å². The monoisotopic (exact) mass is 420 g/mol. The largest absolute Gasteiger partial charge is 0.510 e. The first-order valence-electron chi connectivity index (χ1n) is 9.27. The molecule has 2 aromatic carbocycles. The summed E-state index contributed by atoms with van der Waals surface area (Å²) < 4.78 is 6.90. The average Bonchev–Trinajstić information content (AvgIpc) is 3.34. The molecular formula is C22H20N4O3S. The van der Waals surface area contributed by atoms with E-state index in [1.165, 1.54) is 18.9 Å². The number of imidazole rings is 2. The summed E-state index contributed by atoms with van der Waals surface area (Å²) in [6.07, 6.45) is 1.79. The number of nitrogens with zero attached hydrogens (tertiary/aromatic N) is 3. The molecule has 0 unspecified atom stereocenters. The molecule has 0 amide bonds. The van der Waals surface area contributed by atoms with Gasteiger partial charge in [0.15, 0.2) is 5.16 Å². The number of hydrogen-bond acceptors (Lipinski definition) is 6. The summed E-state index contributed by atoms with van der Waals surface area (Å²) in [5.41, 5.74) is 3.31. The summed E-state index contributed by atoms with van der Waals surface area (Å²) in [6, 6.07) is 15.2. The number of methoxy groups -OCH3 is 1. The summed E-state index contributed by atoms with van der Waals surface area (Å²) in [4.78, 5) is 24.5. The molecule has 2 aromatic heterocycles. The Morgan fingerprint density at radius 1 is 1.20 bits per heavy atom. The number of aromatic amines is 1. The number of para-hydroxylation sites is 4. The van der Waals surface area contributed by atoms with Crippen molar-refractivity contribution in [1.29, 1.82) is 0 Å². The minimum Gasteiger partial charge on any atom is -0.510 e. The molecule has 0 saturated heterocycles. The van der Waals surface area contributed by atoms with Gasteiger partial charge >= 0.3 is 5.97 Å². The number of allylic oxidation sites excluding steroid dienone is 1. The molecule has 152 valence electrons. The number of carbonyl (C=O) groups is 1. The van der Waals surface area contributed by atoms with E-state index in [4.69, 9.17) is 4.74 Å².